The van der Waals surface area contributed by atoms with E-state index < -0.39 is 4.92 Å². The van der Waals surface area contributed by atoms with E-state index in [1.807, 2.05) is 60.7 Å². The number of benzene rings is 2. The molecule has 0 fully saturated rings. The lowest BCUT2D eigenvalue weighted by Gasteiger charge is -2.23. The summed E-state index contributed by atoms with van der Waals surface area (Å²) in [6, 6.07) is 19.5. The van der Waals surface area contributed by atoms with E-state index in [9.17, 15) is 10.1 Å². The molecule has 0 atom stereocenters. The molecule has 5 heteroatoms. The number of hydrogen-bond donors (Lipinski definition) is 1. The molecule has 2 rings (SSSR count). The zero-order chi connectivity index (χ0) is 15.1. The molecule has 0 amide bonds. The summed E-state index contributed by atoms with van der Waals surface area (Å²) in [5.41, 5.74) is 7.96. The molecule has 0 radical (unpaired) electrons. The van der Waals surface area contributed by atoms with Crippen molar-refractivity contribution in [1.29, 1.82) is 0 Å². The lowest BCUT2D eigenvalue weighted by molar-refractivity contribution is -0.404. The predicted molar refractivity (Wildman–Crippen MR) is 81.4 cm³/mol. The maximum Gasteiger partial charge on any atom is 0.274 e. The Bertz CT molecular complexity index is 570. The molecule has 2 aromatic rings. The molecule has 5 nitrogen and oxygen atoms in total. The van der Waals surface area contributed by atoms with Crippen molar-refractivity contribution in [2.24, 2.45) is 5.73 Å². The Morgan fingerprint density at radius 1 is 1.00 bits per heavy atom. The maximum absolute atomic E-state index is 10.6. The Morgan fingerprint density at radius 2 is 1.43 bits per heavy atom. The van der Waals surface area contributed by atoms with Crippen LogP contribution in [0.4, 0.5) is 0 Å². The van der Waals surface area contributed by atoms with E-state index >= 15 is 0 Å². The lowest BCUT2D eigenvalue weighted by Crippen LogP contribution is -2.27. The summed E-state index contributed by atoms with van der Waals surface area (Å²) in [5, 5.41) is 10.6. The van der Waals surface area contributed by atoms with Crippen LogP contribution in [0.25, 0.3) is 0 Å². The second-order valence-corrected chi connectivity index (χ2v) is 4.67. The summed E-state index contributed by atoms with van der Waals surface area (Å²) in [6.07, 6.45) is 0.839. The van der Waals surface area contributed by atoms with Crippen LogP contribution in [0.1, 0.15) is 11.1 Å². The fourth-order valence-electron chi connectivity index (χ4n) is 2.04. The van der Waals surface area contributed by atoms with Gasteiger partial charge in [0.05, 0.1) is 4.92 Å². The van der Waals surface area contributed by atoms with E-state index in [0.29, 0.717) is 13.1 Å². The molecule has 0 aliphatic rings. The van der Waals surface area contributed by atoms with Crippen LogP contribution in [0.2, 0.25) is 0 Å². The molecule has 0 saturated carbocycles. The molecule has 0 aliphatic heterocycles. The Morgan fingerprint density at radius 3 is 1.81 bits per heavy atom. The Labute approximate surface area is 123 Å². The summed E-state index contributed by atoms with van der Waals surface area (Å²) in [6.45, 7) is 1.04. The van der Waals surface area contributed by atoms with Gasteiger partial charge in [-0.05, 0) is 11.1 Å². The van der Waals surface area contributed by atoms with Crippen LogP contribution in [-0.4, -0.2) is 9.82 Å². The van der Waals surface area contributed by atoms with Crippen LogP contribution >= 0.6 is 0 Å². The summed E-state index contributed by atoms with van der Waals surface area (Å²) in [5.74, 6) is 0.146. The van der Waals surface area contributed by atoms with Crippen LogP contribution in [0, 0.1) is 10.1 Å². The van der Waals surface area contributed by atoms with Crippen LogP contribution < -0.4 is 5.73 Å². The van der Waals surface area contributed by atoms with Gasteiger partial charge < -0.3 is 10.6 Å². The van der Waals surface area contributed by atoms with Gasteiger partial charge in [0.15, 0.2) is 5.82 Å². The predicted octanol–water partition coefficient (Wildman–Crippen LogP) is 2.72. The molecule has 21 heavy (non-hydrogen) atoms. The fraction of sp³-hybridized carbons (Fsp3) is 0.125. The van der Waals surface area contributed by atoms with Gasteiger partial charge in [0, 0.05) is 13.1 Å². The summed E-state index contributed by atoms with van der Waals surface area (Å²) < 4.78 is 0. The van der Waals surface area contributed by atoms with Crippen LogP contribution in [0.15, 0.2) is 72.7 Å². The van der Waals surface area contributed by atoms with Crippen LogP contribution in [0.5, 0.6) is 0 Å². The first-order valence-electron chi connectivity index (χ1n) is 6.59. The first kappa shape index (κ1) is 14.6. The fourth-order valence-corrected chi connectivity index (χ4v) is 2.04. The Balaban J connectivity index is 2.20. The standard InChI is InChI=1S/C16H17N3O2/c17-16(13-19(20)21)18(11-14-7-3-1-4-8-14)12-15-9-5-2-6-10-15/h1-10,13H,11-12,17H2/b16-13+. The first-order chi connectivity index (χ1) is 10.1. The van der Waals surface area contributed by atoms with Crippen molar-refractivity contribution in [3.8, 4) is 0 Å². The van der Waals surface area contributed by atoms with Crippen LogP contribution in [-0.2, 0) is 13.1 Å². The smallest absolute Gasteiger partial charge is 0.274 e. The van der Waals surface area contributed by atoms with Gasteiger partial charge in [-0.25, -0.2) is 0 Å². The highest BCUT2D eigenvalue weighted by molar-refractivity contribution is 5.18. The first-order valence-corrected chi connectivity index (χ1v) is 6.59. The van der Waals surface area contributed by atoms with Crippen molar-refractivity contribution in [2.75, 3.05) is 0 Å². The van der Waals surface area contributed by atoms with Crippen molar-refractivity contribution < 1.29 is 4.92 Å². The highest BCUT2D eigenvalue weighted by Gasteiger charge is 2.11. The van der Waals surface area contributed by atoms with Gasteiger partial charge in [0.25, 0.3) is 6.20 Å². The quantitative estimate of drug-likeness (QED) is 0.653. The number of hydrogen-bond acceptors (Lipinski definition) is 4. The molecule has 0 heterocycles. The zero-order valence-electron chi connectivity index (χ0n) is 11.6. The third-order valence-electron chi connectivity index (χ3n) is 3.04. The third kappa shape index (κ3) is 4.65. The van der Waals surface area contributed by atoms with Crippen molar-refractivity contribution >= 4 is 0 Å². The largest absolute Gasteiger partial charge is 0.380 e. The summed E-state index contributed by atoms with van der Waals surface area (Å²) >= 11 is 0. The van der Waals surface area contributed by atoms with E-state index in [0.717, 1.165) is 17.3 Å². The summed E-state index contributed by atoms with van der Waals surface area (Å²) in [7, 11) is 0. The topological polar surface area (TPSA) is 72.4 Å². The molecular weight excluding hydrogens is 266 g/mol. The molecule has 0 aliphatic carbocycles. The lowest BCUT2D eigenvalue weighted by atomic mass is 10.1. The Hall–Kier alpha value is -2.82. The minimum atomic E-state index is -0.529. The molecule has 0 saturated heterocycles. The van der Waals surface area contributed by atoms with E-state index in [1.165, 1.54) is 0 Å². The number of nitrogens with zero attached hydrogens (tertiary/aromatic N) is 2. The van der Waals surface area contributed by atoms with Gasteiger partial charge in [-0.3, -0.25) is 10.1 Å². The third-order valence-corrected chi connectivity index (χ3v) is 3.04. The maximum atomic E-state index is 10.6. The SMILES string of the molecule is N/C(=C\[N+](=O)[O-])N(Cc1ccccc1)Cc1ccccc1. The molecule has 0 aromatic heterocycles. The Kier molecular flexibility index (Phi) is 4.93. The van der Waals surface area contributed by atoms with Gasteiger partial charge in [-0.1, -0.05) is 60.7 Å². The van der Waals surface area contributed by atoms with Gasteiger partial charge in [0.1, 0.15) is 0 Å². The van der Waals surface area contributed by atoms with E-state index in [1.54, 1.807) is 4.90 Å². The number of nitrogens with two attached hydrogens (primary N) is 1. The molecule has 0 unspecified atom stereocenters. The minimum absolute atomic E-state index is 0.146. The van der Waals surface area contributed by atoms with Crippen LogP contribution in [0.3, 0.4) is 0 Å². The van der Waals surface area contributed by atoms with Gasteiger partial charge in [0.2, 0.25) is 0 Å². The van der Waals surface area contributed by atoms with Gasteiger partial charge in [-0.2, -0.15) is 0 Å². The monoisotopic (exact) mass is 283 g/mol. The molecule has 0 bridgehead atoms. The number of rotatable bonds is 6. The number of nitro groups is 1. The highest BCUT2D eigenvalue weighted by atomic mass is 16.6. The van der Waals surface area contributed by atoms with Crippen molar-refractivity contribution in [1.82, 2.24) is 4.90 Å². The van der Waals surface area contributed by atoms with E-state index in [4.69, 9.17) is 5.73 Å². The molecule has 2 aromatic carbocycles. The summed E-state index contributed by atoms with van der Waals surface area (Å²) in [4.78, 5) is 11.9. The van der Waals surface area contributed by atoms with Crippen molar-refractivity contribution in [2.45, 2.75) is 13.1 Å². The second kappa shape index (κ2) is 7.09. The average Bonchev–Trinajstić information content (AvgIpc) is 2.48. The average molecular weight is 283 g/mol. The van der Waals surface area contributed by atoms with Crippen molar-refractivity contribution in [3.63, 3.8) is 0 Å². The molecule has 108 valence electrons. The zero-order valence-corrected chi connectivity index (χ0v) is 11.6. The molecule has 0 spiro atoms. The van der Waals surface area contributed by atoms with Gasteiger partial charge in [-0.15, -0.1) is 0 Å². The normalized spacial score (nSPS) is 11.1. The van der Waals surface area contributed by atoms with E-state index in [2.05, 4.69) is 0 Å². The molecular formula is C16H17N3O2. The second-order valence-electron chi connectivity index (χ2n) is 4.67. The van der Waals surface area contributed by atoms with Gasteiger partial charge >= 0.3 is 0 Å². The van der Waals surface area contributed by atoms with E-state index in [-0.39, 0.29) is 5.82 Å². The van der Waals surface area contributed by atoms with Crippen molar-refractivity contribution in [3.05, 3.63) is 93.9 Å². The highest BCUT2D eigenvalue weighted by Crippen LogP contribution is 2.13. The minimum Gasteiger partial charge on any atom is -0.380 e. The molecule has 2 N–H and O–H groups in total.